The molecule has 1 unspecified atom stereocenters. The minimum atomic E-state index is -1.13. The second-order valence-electron chi connectivity index (χ2n) is 7.10. The Morgan fingerprint density at radius 2 is 2.14 bits per heavy atom. The van der Waals surface area contributed by atoms with E-state index in [-0.39, 0.29) is 12.1 Å². The number of hydrogen-bond acceptors (Lipinski definition) is 6. The lowest BCUT2D eigenvalue weighted by molar-refractivity contribution is -0.185. The first-order chi connectivity index (χ1) is 13.7. The Morgan fingerprint density at radius 3 is 2.89 bits per heavy atom. The van der Waals surface area contributed by atoms with Crippen molar-refractivity contribution in [3.63, 3.8) is 0 Å². The SMILES string of the molecule is COC1(OC)c2ccncc2C(=O)c2c[nH]c(CCCOC3CCCCO3)c21. The molecule has 1 aliphatic carbocycles. The van der Waals surface area contributed by atoms with Crippen molar-refractivity contribution >= 4 is 5.78 Å². The molecule has 0 amide bonds. The van der Waals surface area contributed by atoms with Crippen LogP contribution in [0.4, 0.5) is 0 Å². The number of carbonyl (C=O) groups excluding carboxylic acids is 1. The first-order valence-electron chi connectivity index (χ1n) is 9.74. The van der Waals surface area contributed by atoms with Crippen LogP contribution in [0.2, 0.25) is 0 Å². The summed E-state index contributed by atoms with van der Waals surface area (Å²) in [5, 5.41) is 0. The van der Waals surface area contributed by atoms with Gasteiger partial charge in [-0.3, -0.25) is 9.78 Å². The third-order valence-corrected chi connectivity index (χ3v) is 5.54. The minimum Gasteiger partial charge on any atom is -0.364 e. The van der Waals surface area contributed by atoms with Crippen molar-refractivity contribution in [3.05, 3.63) is 52.6 Å². The largest absolute Gasteiger partial charge is 0.364 e. The second kappa shape index (κ2) is 8.13. The van der Waals surface area contributed by atoms with Crippen LogP contribution >= 0.6 is 0 Å². The molecule has 4 rings (SSSR count). The van der Waals surface area contributed by atoms with E-state index in [1.54, 1.807) is 38.9 Å². The van der Waals surface area contributed by atoms with Gasteiger partial charge in [-0.1, -0.05) is 0 Å². The molecule has 1 fully saturated rings. The molecular formula is C21H26N2O5. The van der Waals surface area contributed by atoms with E-state index in [1.807, 2.05) is 0 Å². The van der Waals surface area contributed by atoms with Gasteiger partial charge in [-0.2, -0.15) is 0 Å². The fourth-order valence-electron chi connectivity index (χ4n) is 4.17. The Balaban J connectivity index is 1.55. The molecule has 2 aromatic heterocycles. The number of carbonyl (C=O) groups is 1. The molecule has 1 atom stereocenters. The van der Waals surface area contributed by atoms with Crippen LogP contribution in [0.5, 0.6) is 0 Å². The van der Waals surface area contributed by atoms with Crippen molar-refractivity contribution in [1.82, 2.24) is 9.97 Å². The van der Waals surface area contributed by atoms with Crippen molar-refractivity contribution in [3.8, 4) is 0 Å². The third-order valence-electron chi connectivity index (χ3n) is 5.54. The van der Waals surface area contributed by atoms with Gasteiger partial charge in [-0.05, 0) is 38.2 Å². The molecule has 7 nitrogen and oxygen atoms in total. The monoisotopic (exact) mass is 386 g/mol. The number of nitrogens with zero attached hydrogens (tertiary/aromatic N) is 1. The maximum atomic E-state index is 13.0. The van der Waals surface area contributed by atoms with Gasteiger partial charge in [0, 0.05) is 67.4 Å². The number of aryl methyl sites for hydroxylation is 1. The maximum absolute atomic E-state index is 13.0. The smallest absolute Gasteiger partial charge is 0.225 e. The van der Waals surface area contributed by atoms with Gasteiger partial charge >= 0.3 is 0 Å². The predicted octanol–water partition coefficient (Wildman–Crippen LogP) is 2.92. The number of rotatable bonds is 7. The van der Waals surface area contributed by atoms with Crippen LogP contribution < -0.4 is 0 Å². The molecule has 0 spiro atoms. The fraction of sp³-hybridized carbons (Fsp3) is 0.524. The molecule has 0 aromatic carbocycles. The van der Waals surface area contributed by atoms with E-state index in [0.29, 0.717) is 29.7 Å². The molecule has 1 aliphatic heterocycles. The molecule has 0 saturated carbocycles. The highest BCUT2D eigenvalue weighted by atomic mass is 16.7. The number of ketones is 1. The number of H-pyrrole nitrogens is 1. The zero-order valence-corrected chi connectivity index (χ0v) is 16.3. The molecule has 1 saturated heterocycles. The summed E-state index contributed by atoms with van der Waals surface area (Å²) in [5.41, 5.74) is 3.41. The van der Waals surface area contributed by atoms with E-state index in [1.165, 1.54) is 0 Å². The number of aromatic nitrogens is 2. The molecule has 2 aliphatic rings. The highest BCUT2D eigenvalue weighted by Crippen LogP contribution is 2.44. The lowest BCUT2D eigenvalue weighted by Crippen LogP contribution is -2.39. The zero-order valence-electron chi connectivity index (χ0n) is 16.3. The first kappa shape index (κ1) is 19.3. The summed E-state index contributed by atoms with van der Waals surface area (Å²) < 4.78 is 23.2. The average molecular weight is 386 g/mol. The van der Waals surface area contributed by atoms with Crippen LogP contribution in [0.1, 0.15) is 58.4 Å². The van der Waals surface area contributed by atoms with Gasteiger partial charge in [0.05, 0.1) is 6.61 Å². The molecule has 150 valence electrons. The summed E-state index contributed by atoms with van der Waals surface area (Å²) >= 11 is 0. The van der Waals surface area contributed by atoms with Crippen molar-refractivity contribution in [2.75, 3.05) is 27.4 Å². The first-order valence-corrected chi connectivity index (χ1v) is 9.74. The third kappa shape index (κ3) is 3.18. The van der Waals surface area contributed by atoms with Crippen LogP contribution in [-0.4, -0.2) is 49.5 Å². The molecule has 28 heavy (non-hydrogen) atoms. The van der Waals surface area contributed by atoms with Crippen molar-refractivity contribution in [2.24, 2.45) is 0 Å². The zero-order chi connectivity index (χ0) is 19.6. The van der Waals surface area contributed by atoms with Gasteiger partial charge in [0.2, 0.25) is 5.79 Å². The number of hydrogen-bond donors (Lipinski definition) is 1. The molecule has 1 N–H and O–H groups in total. The summed E-state index contributed by atoms with van der Waals surface area (Å²) in [7, 11) is 3.18. The van der Waals surface area contributed by atoms with E-state index in [9.17, 15) is 4.79 Å². The van der Waals surface area contributed by atoms with E-state index in [0.717, 1.165) is 43.5 Å². The number of nitrogens with one attached hydrogen (secondary N) is 1. The summed E-state index contributed by atoms with van der Waals surface area (Å²) in [6.45, 7) is 1.37. The van der Waals surface area contributed by atoms with Crippen LogP contribution in [0, 0.1) is 0 Å². The quantitative estimate of drug-likeness (QED) is 0.582. The Bertz CT molecular complexity index is 837. The Labute approximate surface area is 164 Å². The van der Waals surface area contributed by atoms with Gasteiger partial charge in [0.1, 0.15) is 0 Å². The Kier molecular flexibility index (Phi) is 5.59. The van der Waals surface area contributed by atoms with Crippen LogP contribution in [-0.2, 0) is 31.2 Å². The van der Waals surface area contributed by atoms with E-state index in [4.69, 9.17) is 18.9 Å². The van der Waals surface area contributed by atoms with E-state index < -0.39 is 5.79 Å². The number of methoxy groups -OCH3 is 2. The maximum Gasteiger partial charge on any atom is 0.225 e. The summed E-state index contributed by atoms with van der Waals surface area (Å²) in [6.07, 6.45) is 9.58. The Hall–Kier alpha value is -2.06. The fourth-order valence-corrected chi connectivity index (χ4v) is 4.17. The van der Waals surface area contributed by atoms with Crippen LogP contribution in [0.3, 0.4) is 0 Å². The van der Waals surface area contributed by atoms with Gasteiger partial charge in [-0.15, -0.1) is 0 Å². The van der Waals surface area contributed by atoms with E-state index >= 15 is 0 Å². The van der Waals surface area contributed by atoms with Gasteiger partial charge in [0.15, 0.2) is 12.1 Å². The number of fused-ring (bicyclic) bond motifs is 2. The highest BCUT2D eigenvalue weighted by Gasteiger charge is 2.47. The van der Waals surface area contributed by atoms with Gasteiger partial charge in [0.25, 0.3) is 0 Å². The molecule has 3 heterocycles. The van der Waals surface area contributed by atoms with E-state index in [2.05, 4.69) is 9.97 Å². The van der Waals surface area contributed by atoms with Crippen molar-refractivity contribution in [1.29, 1.82) is 0 Å². The normalized spacial score (nSPS) is 20.6. The predicted molar refractivity (Wildman–Crippen MR) is 101 cm³/mol. The molecular weight excluding hydrogens is 360 g/mol. The number of aromatic amines is 1. The van der Waals surface area contributed by atoms with Crippen molar-refractivity contribution in [2.45, 2.75) is 44.2 Å². The van der Waals surface area contributed by atoms with Crippen LogP contribution in [0.15, 0.2) is 24.7 Å². The molecule has 0 radical (unpaired) electrons. The van der Waals surface area contributed by atoms with Crippen molar-refractivity contribution < 1.29 is 23.7 Å². The number of pyridine rings is 1. The summed E-state index contributed by atoms with van der Waals surface area (Å²) in [6, 6.07) is 1.78. The molecule has 2 aromatic rings. The Morgan fingerprint density at radius 1 is 1.29 bits per heavy atom. The topological polar surface area (TPSA) is 82.7 Å². The summed E-state index contributed by atoms with van der Waals surface area (Å²) in [5.74, 6) is -1.21. The van der Waals surface area contributed by atoms with Gasteiger partial charge in [-0.25, -0.2) is 0 Å². The lowest BCUT2D eigenvalue weighted by Gasteiger charge is -2.36. The second-order valence-corrected chi connectivity index (χ2v) is 7.10. The standard InChI is InChI=1S/C21H26N2O5/c1-25-21(26-2)16-8-9-22-12-14(16)20(24)15-13-23-17(19(15)21)6-5-11-28-18-7-3-4-10-27-18/h8-9,12-13,18,23H,3-7,10-11H2,1-2H3. The average Bonchev–Trinajstić information content (AvgIpc) is 3.18. The van der Waals surface area contributed by atoms with Gasteiger partial charge < -0.3 is 23.9 Å². The minimum absolute atomic E-state index is 0.0721. The number of ether oxygens (including phenoxy) is 4. The summed E-state index contributed by atoms with van der Waals surface area (Å²) in [4.78, 5) is 20.3. The molecule has 0 bridgehead atoms. The highest BCUT2D eigenvalue weighted by molar-refractivity contribution is 6.12. The van der Waals surface area contributed by atoms with Crippen LogP contribution in [0.25, 0.3) is 0 Å². The molecule has 7 heteroatoms. The lowest BCUT2D eigenvalue weighted by atomic mass is 9.81.